The Hall–Kier alpha value is -1.35. The molecule has 0 aromatic heterocycles. The minimum Gasteiger partial charge on any atom is -0.478 e. The summed E-state index contributed by atoms with van der Waals surface area (Å²) in [6.45, 7) is 3.05. The van der Waals surface area contributed by atoms with E-state index in [-0.39, 0.29) is 0 Å². The molecule has 0 aliphatic heterocycles. The number of fused-ring (bicyclic) bond motifs is 1. The molecule has 16 heavy (non-hydrogen) atoms. The number of aryl methyl sites for hydroxylation is 1. The van der Waals surface area contributed by atoms with Gasteiger partial charge in [0.2, 0.25) is 0 Å². The number of benzene rings is 1. The summed E-state index contributed by atoms with van der Waals surface area (Å²) in [5, 5.41) is 12.4. The SMILES string of the molecule is CCN[C@@H]1CCCc2cc(C(=O)O)ccc21. The highest BCUT2D eigenvalue weighted by Gasteiger charge is 2.20. The molecule has 2 N–H and O–H groups in total. The van der Waals surface area contributed by atoms with Crippen LogP contribution in [0.2, 0.25) is 0 Å². The third kappa shape index (κ3) is 2.09. The summed E-state index contributed by atoms with van der Waals surface area (Å²) in [7, 11) is 0. The van der Waals surface area contributed by atoms with Gasteiger partial charge in [-0.25, -0.2) is 4.79 Å². The second-order valence-electron chi connectivity index (χ2n) is 4.22. The Morgan fingerprint density at radius 3 is 3.06 bits per heavy atom. The Morgan fingerprint density at radius 2 is 2.38 bits per heavy atom. The van der Waals surface area contributed by atoms with Crippen LogP contribution in [0.1, 0.15) is 47.3 Å². The van der Waals surface area contributed by atoms with Crippen molar-refractivity contribution in [3.05, 3.63) is 34.9 Å². The zero-order valence-electron chi connectivity index (χ0n) is 9.49. The molecule has 1 aromatic rings. The van der Waals surface area contributed by atoms with E-state index in [0.29, 0.717) is 11.6 Å². The predicted octanol–water partition coefficient (Wildman–Crippen LogP) is 2.37. The molecule has 1 atom stereocenters. The molecule has 0 bridgehead atoms. The number of carboxylic acid groups (broad SMARTS) is 1. The highest BCUT2D eigenvalue weighted by Crippen LogP contribution is 2.30. The first-order valence-corrected chi connectivity index (χ1v) is 5.82. The maximum absolute atomic E-state index is 10.9. The quantitative estimate of drug-likeness (QED) is 0.820. The molecule has 0 saturated carbocycles. The Bertz CT molecular complexity index is 401. The zero-order valence-corrected chi connectivity index (χ0v) is 9.49. The van der Waals surface area contributed by atoms with Gasteiger partial charge in [-0.3, -0.25) is 0 Å². The highest BCUT2D eigenvalue weighted by atomic mass is 16.4. The second kappa shape index (κ2) is 4.66. The van der Waals surface area contributed by atoms with Gasteiger partial charge in [0.05, 0.1) is 5.56 Å². The third-order valence-electron chi connectivity index (χ3n) is 3.15. The van der Waals surface area contributed by atoms with Crippen molar-refractivity contribution < 1.29 is 9.90 Å². The molecule has 86 valence electrons. The number of hydrogen-bond acceptors (Lipinski definition) is 2. The van der Waals surface area contributed by atoms with Gasteiger partial charge in [0, 0.05) is 6.04 Å². The molecule has 1 aliphatic carbocycles. The van der Waals surface area contributed by atoms with E-state index in [2.05, 4.69) is 12.2 Å². The highest BCUT2D eigenvalue weighted by molar-refractivity contribution is 5.87. The van der Waals surface area contributed by atoms with Crippen LogP contribution in [0.4, 0.5) is 0 Å². The molecule has 0 saturated heterocycles. The van der Waals surface area contributed by atoms with E-state index >= 15 is 0 Å². The molecule has 0 spiro atoms. The Kier molecular flexibility index (Phi) is 3.25. The molecule has 0 heterocycles. The van der Waals surface area contributed by atoms with Crippen molar-refractivity contribution in [2.45, 2.75) is 32.2 Å². The summed E-state index contributed by atoms with van der Waals surface area (Å²) < 4.78 is 0. The van der Waals surface area contributed by atoms with Crippen molar-refractivity contribution in [1.82, 2.24) is 5.32 Å². The monoisotopic (exact) mass is 219 g/mol. The van der Waals surface area contributed by atoms with E-state index < -0.39 is 5.97 Å². The van der Waals surface area contributed by atoms with Gasteiger partial charge in [-0.1, -0.05) is 13.0 Å². The average molecular weight is 219 g/mol. The van der Waals surface area contributed by atoms with Gasteiger partial charge < -0.3 is 10.4 Å². The summed E-state index contributed by atoms with van der Waals surface area (Å²) in [5.41, 5.74) is 2.87. The summed E-state index contributed by atoms with van der Waals surface area (Å²) in [5.74, 6) is -0.839. The lowest BCUT2D eigenvalue weighted by atomic mass is 9.86. The van der Waals surface area contributed by atoms with Crippen molar-refractivity contribution >= 4 is 5.97 Å². The zero-order chi connectivity index (χ0) is 11.5. The summed E-state index contributed by atoms with van der Waals surface area (Å²) >= 11 is 0. The number of aromatic carboxylic acids is 1. The van der Waals surface area contributed by atoms with Crippen LogP contribution in [0.15, 0.2) is 18.2 Å². The molecule has 1 aliphatic rings. The van der Waals surface area contributed by atoms with Crippen molar-refractivity contribution in [1.29, 1.82) is 0 Å². The summed E-state index contributed by atoms with van der Waals surface area (Å²) in [6.07, 6.45) is 3.28. The van der Waals surface area contributed by atoms with Gasteiger partial charge in [0.1, 0.15) is 0 Å². The molecule has 0 unspecified atom stereocenters. The van der Waals surface area contributed by atoms with Crippen LogP contribution < -0.4 is 5.32 Å². The first-order chi connectivity index (χ1) is 7.72. The lowest BCUT2D eigenvalue weighted by molar-refractivity contribution is 0.0696. The molecule has 0 radical (unpaired) electrons. The Balaban J connectivity index is 2.32. The molecule has 2 rings (SSSR count). The fourth-order valence-corrected chi connectivity index (χ4v) is 2.41. The van der Waals surface area contributed by atoms with Crippen LogP contribution in [0.5, 0.6) is 0 Å². The minimum absolute atomic E-state index is 0.399. The molecule has 1 aromatic carbocycles. The average Bonchev–Trinajstić information content (AvgIpc) is 2.29. The Labute approximate surface area is 95.5 Å². The smallest absolute Gasteiger partial charge is 0.335 e. The predicted molar refractivity (Wildman–Crippen MR) is 62.8 cm³/mol. The van der Waals surface area contributed by atoms with E-state index in [1.54, 1.807) is 6.07 Å². The van der Waals surface area contributed by atoms with Gasteiger partial charge in [-0.2, -0.15) is 0 Å². The summed E-state index contributed by atoms with van der Waals surface area (Å²) in [4.78, 5) is 10.9. The van der Waals surface area contributed by atoms with Crippen LogP contribution >= 0.6 is 0 Å². The number of carbonyl (C=O) groups is 1. The topological polar surface area (TPSA) is 49.3 Å². The van der Waals surface area contributed by atoms with Crippen molar-refractivity contribution in [2.24, 2.45) is 0 Å². The van der Waals surface area contributed by atoms with Crippen LogP contribution in [0.3, 0.4) is 0 Å². The molecule has 3 heteroatoms. The molecule has 3 nitrogen and oxygen atoms in total. The van der Waals surface area contributed by atoms with Gasteiger partial charge in [-0.05, 0) is 49.1 Å². The van der Waals surface area contributed by atoms with Crippen LogP contribution in [-0.4, -0.2) is 17.6 Å². The van der Waals surface area contributed by atoms with Crippen molar-refractivity contribution in [3.8, 4) is 0 Å². The minimum atomic E-state index is -0.839. The largest absolute Gasteiger partial charge is 0.478 e. The summed E-state index contributed by atoms with van der Waals surface area (Å²) in [6, 6.07) is 5.89. The lowest BCUT2D eigenvalue weighted by Crippen LogP contribution is -2.25. The molecular weight excluding hydrogens is 202 g/mol. The first kappa shape index (κ1) is 11.1. The van der Waals surface area contributed by atoms with E-state index in [9.17, 15) is 4.79 Å². The van der Waals surface area contributed by atoms with E-state index in [1.807, 2.05) is 12.1 Å². The van der Waals surface area contributed by atoms with Crippen molar-refractivity contribution in [3.63, 3.8) is 0 Å². The van der Waals surface area contributed by atoms with Crippen LogP contribution in [-0.2, 0) is 6.42 Å². The van der Waals surface area contributed by atoms with Gasteiger partial charge >= 0.3 is 5.97 Å². The van der Waals surface area contributed by atoms with Crippen LogP contribution in [0, 0.1) is 0 Å². The number of nitrogens with one attached hydrogen (secondary N) is 1. The second-order valence-corrected chi connectivity index (χ2v) is 4.22. The fraction of sp³-hybridized carbons (Fsp3) is 0.462. The van der Waals surface area contributed by atoms with Gasteiger partial charge in [-0.15, -0.1) is 0 Å². The number of rotatable bonds is 3. The van der Waals surface area contributed by atoms with E-state index in [1.165, 1.54) is 11.1 Å². The number of carboxylic acids is 1. The lowest BCUT2D eigenvalue weighted by Gasteiger charge is -2.26. The maximum atomic E-state index is 10.9. The maximum Gasteiger partial charge on any atom is 0.335 e. The van der Waals surface area contributed by atoms with Crippen LogP contribution in [0.25, 0.3) is 0 Å². The standard InChI is InChI=1S/C13H17NO2/c1-2-14-12-5-3-4-9-8-10(13(15)16)6-7-11(9)12/h6-8,12,14H,2-5H2,1H3,(H,15,16)/t12-/m1/s1. The third-order valence-corrected chi connectivity index (χ3v) is 3.15. The first-order valence-electron chi connectivity index (χ1n) is 5.82. The fourth-order valence-electron chi connectivity index (χ4n) is 2.41. The normalized spacial score (nSPS) is 19.2. The van der Waals surface area contributed by atoms with Gasteiger partial charge in [0.15, 0.2) is 0 Å². The molecular formula is C13H17NO2. The number of hydrogen-bond donors (Lipinski definition) is 2. The van der Waals surface area contributed by atoms with Crippen molar-refractivity contribution in [2.75, 3.05) is 6.54 Å². The van der Waals surface area contributed by atoms with E-state index in [4.69, 9.17) is 5.11 Å². The molecule has 0 amide bonds. The Morgan fingerprint density at radius 1 is 1.56 bits per heavy atom. The van der Waals surface area contributed by atoms with Gasteiger partial charge in [0.25, 0.3) is 0 Å². The molecule has 0 fully saturated rings. The van der Waals surface area contributed by atoms with E-state index in [0.717, 1.165) is 25.8 Å².